The average molecular weight is 274 g/mol. The summed E-state index contributed by atoms with van der Waals surface area (Å²) in [5.74, 6) is 0. The molecule has 0 fully saturated rings. The van der Waals surface area contributed by atoms with Crippen molar-refractivity contribution in [3.63, 3.8) is 0 Å². The zero-order chi connectivity index (χ0) is 13.9. The second-order valence-corrected chi connectivity index (χ2v) is 4.89. The average Bonchev–Trinajstić information content (AvgIpc) is 2.57. The van der Waals surface area contributed by atoms with E-state index < -0.39 is 10.2 Å². The van der Waals surface area contributed by atoms with Crippen LogP contribution in [-0.2, 0) is 13.0 Å². The lowest BCUT2D eigenvalue weighted by Gasteiger charge is -2.17. The van der Waals surface area contributed by atoms with Gasteiger partial charge in [0.15, 0.2) is 12.2 Å². The van der Waals surface area contributed by atoms with E-state index in [1.807, 2.05) is 0 Å². The summed E-state index contributed by atoms with van der Waals surface area (Å²) in [5, 5.41) is 0. The van der Waals surface area contributed by atoms with Crippen molar-refractivity contribution >= 4 is 5.57 Å². The molecule has 0 bridgehead atoms. The van der Waals surface area contributed by atoms with Gasteiger partial charge in [0.05, 0.1) is 0 Å². The Kier molecular flexibility index (Phi) is 4.84. The van der Waals surface area contributed by atoms with Gasteiger partial charge in [-0.3, -0.25) is 0 Å². The van der Waals surface area contributed by atoms with Crippen LogP contribution < -0.4 is 23.2 Å². The molecule has 2 rings (SSSR count). The van der Waals surface area contributed by atoms with E-state index >= 15 is 0 Å². The first-order valence-electron chi connectivity index (χ1n) is 5.54. The van der Waals surface area contributed by atoms with E-state index in [0.717, 1.165) is 13.0 Å². The van der Waals surface area contributed by atoms with Gasteiger partial charge in [-0.25, -0.2) is 18.6 Å². The Hall–Kier alpha value is -0.980. The minimum Gasteiger partial charge on any atom is -0.222 e. The molecular formula is C12H16ClNO4. The summed E-state index contributed by atoms with van der Waals surface area (Å²) >= 11 is 0. The van der Waals surface area contributed by atoms with Crippen LogP contribution in [0, 0.1) is 17.2 Å². The number of fused-ring (bicyclic) bond motifs is 1. The number of hydrogen-bond donors (Lipinski definition) is 0. The Morgan fingerprint density at radius 2 is 1.72 bits per heavy atom. The van der Waals surface area contributed by atoms with Crippen molar-refractivity contribution in [1.29, 1.82) is 0 Å². The van der Waals surface area contributed by atoms with Crippen molar-refractivity contribution < 1.29 is 33.4 Å². The SMILES string of the molecule is CCc1cc(C)cc2[n+]1CC=C2C.[O-][Cl+3]([O-])([O-])[O-]. The fraction of sp³-hybridized carbons (Fsp3) is 0.417. The third-order valence-corrected chi connectivity index (χ3v) is 2.74. The molecular weight excluding hydrogens is 258 g/mol. The van der Waals surface area contributed by atoms with Crippen LogP contribution in [0.3, 0.4) is 0 Å². The van der Waals surface area contributed by atoms with E-state index in [4.69, 9.17) is 18.6 Å². The van der Waals surface area contributed by atoms with Gasteiger partial charge in [-0.2, -0.15) is 4.57 Å². The first-order valence-corrected chi connectivity index (χ1v) is 6.78. The van der Waals surface area contributed by atoms with Crippen LogP contribution >= 0.6 is 0 Å². The molecule has 0 aromatic carbocycles. The van der Waals surface area contributed by atoms with E-state index in [2.05, 4.69) is 43.5 Å². The molecule has 5 nitrogen and oxygen atoms in total. The number of rotatable bonds is 1. The molecule has 0 atom stereocenters. The van der Waals surface area contributed by atoms with Crippen LogP contribution in [0.25, 0.3) is 5.57 Å². The van der Waals surface area contributed by atoms with Crippen molar-refractivity contribution in [2.75, 3.05) is 0 Å². The van der Waals surface area contributed by atoms with Crippen molar-refractivity contribution in [3.05, 3.63) is 35.2 Å². The number of hydrogen-bond acceptors (Lipinski definition) is 4. The molecule has 0 spiro atoms. The minimum absolute atomic E-state index is 1.06. The molecule has 1 aliphatic rings. The highest BCUT2D eigenvalue weighted by Crippen LogP contribution is 2.17. The first kappa shape index (κ1) is 15.1. The van der Waals surface area contributed by atoms with Gasteiger partial charge in [0.1, 0.15) is 0 Å². The predicted octanol–water partition coefficient (Wildman–Crippen LogP) is -2.49. The highest BCUT2D eigenvalue weighted by Gasteiger charge is 2.21. The van der Waals surface area contributed by atoms with E-state index in [1.54, 1.807) is 0 Å². The standard InChI is InChI=1S/C12H16N.ClHO4/c1-4-11-7-9(2)8-12-10(3)5-6-13(11)12;2-1(3,4)5/h5,7-8H,4,6H2,1-3H3;(H,2,3,4,5)/q+1;/p-1. The Morgan fingerprint density at radius 3 is 2.22 bits per heavy atom. The highest BCUT2D eigenvalue weighted by molar-refractivity contribution is 5.60. The minimum atomic E-state index is -4.94. The molecule has 0 radical (unpaired) electrons. The van der Waals surface area contributed by atoms with Gasteiger partial charge >= 0.3 is 0 Å². The molecule has 0 saturated heterocycles. The second-order valence-electron chi connectivity index (χ2n) is 4.14. The lowest BCUT2D eigenvalue weighted by atomic mass is 10.1. The van der Waals surface area contributed by atoms with Gasteiger partial charge in [0.25, 0.3) is 0 Å². The molecule has 100 valence electrons. The van der Waals surface area contributed by atoms with Crippen LogP contribution in [0.4, 0.5) is 0 Å². The van der Waals surface area contributed by atoms with Crippen LogP contribution in [0.5, 0.6) is 0 Å². The third kappa shape index (κ3) is 4.36. The maximum Gasteiger partial charge on any atom is 0.208 e. The van der Waals surface area contributed by atoms with Gasteiger partial charge in [-0.15, -0.1) is 10.2 Å². The van der Waals surface area contributed by atoms with Gasteiger partial charge in [0, 0.05) is 24.1 Å². The Balaban J connectivity index is 0.000000280. The van der Waals surface area contributed by atoms with E-state index in [1.165, 1.54) is 22.5 Å². The number of aryl methyl sites for hydroxylation is 2. The zero-order valence-corrected chi connectivity index (χ0v) is 11.4. The lowest BCUT2D eigenvalue weighted by molar-refractivity contribution is -2.00. The normalized spacial score (nSPS) is 13.6. The van der Waals surface area contributed by atoms with Crippen LogP contribution in [0.2, 0.25) is 0 Å². The summed E-state index contributed by atoms with van der Waals surface area (Å²) in [6.07, 6.45) is 3.42. The Labute approximate surface area is 108 Å². The number of nitrogens with zero attached hydrogens (tertiary/aromatic N) is 1. The molecule has 18 heavy (non-hydrogen) atoms. The van der Waals surface area contributed by atoms with Crippen molar-refractivity contribution in [3.8, 4) is 0 Å². The van der Waals surface area contributed by atoms with Gasteiger partial charge in [-0.1, -0.05) is 6.92 Å². The quantitative estimate of drug-likeness (QED) is 0.529. The van der Waals surface area contributed by atoms with Crippen molar-refractivity contribution in [2.45, 2.75) is 33.7 Å². The lowest BCUT2D eigenvalue weighted by Crippen LogP contribution is -2.68. The third-order valence-electron chi connectivity index (χ3n) is 2.74. The molecule has 0 unspecified atom stereocenters. The van der Waals surface area contributed by atoms with Gasteiger partial charge in [-0.05, 0) is 25.5 Å². The summed E-state index contributed by atoms with van der Waals surface area (Å²) in [4.78, 5) is 0. The van der Waals surface area contributed by atoms with Crippen LogP contribution in [0.1, 0.15) is 30.8 Å². The fourth-order valence-electron chi connectivity index (χ4n) is 2.00. The highest BCUT2D eigenvalue weighted by atomic mass is 35.7. The molecule has 0 saturated carbocycles. The summed E-state index contributed by atoms with van der Waals surface area (Å²) in [5.41, 5.74) is 5.64. The number of halogens is 1. The summed E-state index contributed by atoms with van der Waals surface area (Å²) in [7, 11) is -4.94. The number of aromatic nitrogens is 1. The molecule has 0 aliphatic carbocycles. The first-order chi connectivity index (χ1) is 8.22. The maximum atomic E-state index is 8.49. The molecule has 2 heterocycles. The summed E-state index contributed by atoms with van der Waals surface area (Å²) in [6.45, 7) is 7.64. The van der Waals surface area contributed by atoms with Gasteiger partial charge < -0.3 is 0 Å². The number of pyridine rings is 1. The van der Waals surface area contributed by atoms with E-state index in [-0.39, 0.29) is 0 Å². The molecule has 1 aliphatic heterocycles. The largest absolute Gasteiger partial charge is 0.222 e. The molecule has 6 heteroatoms. The van der Waals surface area contributed by atoms with E-state index in [0.29, 0.717) is 0 Å². The summed E-state index contributed by atoms with van der Waals surface area (Å²) in [6, 6.07) is 4.56. The Morgan fingerprint density at radius 1 is 1.17 bits per heavy atom. The van der Waals surface area contributed by atoms with Gasteiger partial charge in [0.2, 0.25) is 5.69 Å². The number of allylic oxidation sites excluding steroid dienone is 2. The molecule has 1 aromatic heterocycles. The maximum absolute atomic E-state index is 8.49. The molecule has 1 aromatic rings. The monoisotopic (exact) mass is 273 g/mol. The Bertz CT molecular complexity index is 460. The molecule has 0 amide bonds. The van der Waals surface area contributed by atoms with Crippen molar-refractivity contribution in [2.24, 2.45) is 0 Å². The fourth-order valence-corrected chi connectivity index (χ4v) is 2.00. The topological polar surface area (TPSA) is 96.1 Å². The summed E-state index contributed by atoms with van der Waals surface area (Å²) < 4.78 is 36.4. The van der Waals surface area contributed by atoms with Crippen LogP contribution in [0.15, 0.2) is 18.2 Å². The van der Waals surface area contributed by atoms with Crippen LogP contribution in [-0.4, -0.2) is 0 Å². The second kappa shape index (κ2) is 5.77. The van der Waals surface area contributed by atoms with E-state index in [9.17, 15) is 0 Å². The smallest absolute Gasteiger partial charge is 0.208 e. The zero-order valence-electron chi connectivity index (χ0n) is 10.6. The van der Waals surface area contributed by atoms with Crippen molar-refractivity contribution in [1.82, 2.24) is 0 Å². The molecule has 0 N–H and O–H groups in total. The predicted molar refractivity (Wildman–Crippen MR) is 54.4 cm³/mol.